The molecule has 3 aliphatic rings. The normalized spacial score (nSPS) is 24.8. The Labute approximate surface area is 126 Å². The van der Waals surface area contributed by atoms with Crippen molar-refractivity contribution < 1.29 is 4.79 Å². The molecule has 3 heteroatoms. The summed E-state index contributed by atoms with van der Waals surface area (Å²) in [5.74, 6) is 1.19. The highest BCUT2D eigenvalue weighted by Gasteiger charge is 2.45. The van der Waals surface area contributed by atoms with Crippen LogP contribution in [-0.2, 0) is 17.8 Å². The molecule has 1 amide bonds. The average Bonchev–Trinajstić information content (AvgIpc) is 3.33. The summed E-state index contributed by atoms with van der Waals surface area (Å²) in [4.78, 5) is 15.4. The fourth-order valence-electron chi connectivity index (χ4n) is 3.99. The first-order chi connectivity index (χ1) is 10.3. The van der Waals surface area contributed by atoms with Gasteiger partial charge in [-0.05, 0) is 62.2 Å². The topological polar surface area (TPSA) is 32.3 Å². The van der Waals surface area contributed by atoms with Gasteiger partial charge in [-0.25, -0.2) is 0 Å². The van der Waals surface area contributed by atoms with E-state index in [9.17, 15) is 4.79 Å². The van der Waals surface area contributed by atoms with Crippen molar-refractivity contribution in [2.75, 3.05) is 19.6 Å². The number of rotatable bonds is 2. The maximum Gasteiger partial charge on any atom is 0.229 e. The van der Waals surface area contributed by atoms with E-state index in [1.54, 1.807) is 0 Å². The lowest BCUT2D eigenvalue weighted by atomic mass is 9.73. The molecule has 1 N–H and O–H groups in total. The van der Waals surface area contributed by atoms with Crippen LogP contribution in [0.15, 0.2) is 24.3 Å². The molecule has 21 heavy (non-hydrogen) atoms. The molecule has 1 saturated carbocycles. The van der Waals surface area contributed by atoms with E-state index in [0.29, 0.717) is 5.91 Å². The Morgan fingerprint density at radius 3 is 2.57 bits per heavy atom. The van der Waals surface area contributed by atoms with Crippen LogP contribution in [0.5, 0.6) is 0 Å². The van der Waals surface area contributed by atoms with E-state index in [-0.39, 0.29) is 5.41 Å². The maximum absolute atomic E-state index is 13.3. The first-order valence-corrected chi connectivity index (χ1v) is 8.34. The minimum absolute atomic E-state index is 0.146. The van der Waals surface area contributed by atoms with Crippen LogP contribution < -0.4 is 5.32 Å². The average molecular weight is 284 g/mol. The largest absolute Gasteiger partial charge is 0.338 e. The number of hydrogen-bond donors (Lipinski definition) is 1. The second-order valence-electron chi connectivity index (χ2n) is 7.10. The van der Waals surface area contributed by atoms with E-state index in [0.717, 1.165) is 51.4 Å². The van der Waals surface area contributed by atoms with Gasteiger partial charge in [0.2, 0.25) is 5.91 Å². The second-order valence-corrected chi connectivity index (χ2v) is 7.10. The Morgan fingerprint density at radius 2 is 1.86 bits per heavy atom. The predicted molar refractivity (Wildman–Crippen MR) is 82.8 cm³/mol. The van der Waals surface area contributed by atoms with Crippen molar-refractivity contribution in [2.45, 2.75) is 38.6 Å². The fraction of sp³-hybridized carbons (Fsp3) is 0.611. The second kappa shape index (κ2) is 5.13. The zero-order valence-electron chi connectivity index (χ0n) is 12.6. The van der Waals surface area contributed by atoms with Crippen LogP contribution in [0.2, 0.25) is 0 Å². The molecular formula is C18H24N2O. The first-order valence-electron chi connectivity index (χ1n) is 8.34. The number of fused-ring (bicyclic) bond motifs is 1. The van der Waals surface area contributed by atoms with E-state index >= 15 is 0 Å². The molecule has 1 spiro atoms. The van der Waals surface area contributed by atoms with Gasteiger partial charge in [0.25, 0.3) is 0 Å². The lowest BCUT2D eigenvalue weighted by molar-refractivity contribution is -0.144. The summed E-state index contributed by atoms with van der Waals surface area (Å²) in [6.07, 6.45) is 5.52. The van der Waals surface area contributed by atoms with Gasteiger partial charge in [-0.2, -0.15) is 0 Å². The molecule has 1 aromatic carbocycles. The predicted octanol–water partition coefficient (Wildman–Crippen LogP) is 2.35. The smallest absolute Gasteiger partial charge is 0.229 e. The molecule has 0 atom stereocenters. The Hall–Kier alpha value is -1.35. The number of amides is 1. The molecule has 0 bridgehead atoms. The van der Waals surface area contributed by atoms with Crippen molar-refractivity contribution in [1.82, 2.24) is 10.2 Å². The van der Waals surface area contributed by atoms with Crippen LogP contribution >= 0.6 is 0 Å². The summed E-state index contributed by atoms with van der Waals surface area (Å²) in [5.41, 5.74) is 2.61. The molecule has 1 saturated heterocycles. The summed E-state index contributed by atoms with van der Waals surface area (Å²) in [5, 5.41) is 3.42. The Bertz CT molecular complexity index is 544. The van der Waals surface area contributed by atoms with Gasteiger partial charge >= 0.3 is 0 Å². The monoisotopic (exact) mass is 284 g/mol. The number of hydrogen-bond acceptors (Lipinski definition) is 2. The van der Waals surface area contributed by atoms with E-state index in [2.05, 4.69) is 34.5 Å². The lowest BCUT2D eigenvalue weighted by Gasteiger charge is -2.38. The number of piperidine rings is 1. The van der Waals surface area contributed by atoms with Gasteiger partial charge in [0.15, 0.2) is 0 Å². The maximum atomic E-state index is 13.3. The quantitative estimate of drug-likeness (QED) is 0.904. The van der Waals surface area contributed by atoms with Crippen LogP contribution in [0, 0.1) is 11.3 Å². The van der Waals surface area contributed by atoms with Crippen molar-refractivity contribution in [1.29, 1.82) is 0 Å². The van der Waals surface area contributed by atoms with Crippen LogP contribution in [-0.4, -0.2) is 30.4 Å². The highest BCUT2D eigenvalue weighted by Crippen LogP contribution is 2.40. The van der Waals surface area contributed by atoms with E-state index in [1.807, 2.05) is 0 Å². The molecule has 0 aromatic heterocycles. The van der Waals surface area contributed by atoms with Gasteiger partial charge in [0.1, 0.15) is 0 Å². The molecule has 2 aliphatic heterocycles. The SMILES string of the molecule is O=C1N(CC2CC2)Cc2ccccc2CC12CCNCC2. The van der Waals surface area contributed by atoms with Crippen molar-refractivity contribution in [3.05, 3.63) is 35.4 Å². The molecule has 3 nitrogen and oxygen atoms in total. The number of carbonyl (C=O) groups excluding carboxylic acids is 1. The van der Waals surface area contributed by atoms with E-state index in [4.69, 9.17) is 0 Å². The molecule has 2 heterocycles. The van der Waals surface area contributed by atoms with Crippen molar-refractivity contribution in [3.8, 4) is 0 Å². The lowest BCUT2D eigenvalue weighted by Crippen LogP contribution is -2.49. The third kappa shape index (κ3) is 2.48. The Balaban J connectivity index is 1.71. The zero-order valence-corrected chi connectivity index (χ0v) is 12.6. The molecule has 4 rings (SSSR count). The molecular weight excluding hydrogens is 260 g/mol. The Kier molecular flexibility index (Phi) is 3.26. The number of nitrogens with one attached hydrogen (secondary N) is 1. The number of nitrogens with zero attached hydrogens (tertiary/aromatic N) is 1. The standard InChI is InChI=1S/C18H24N2O/c21-17-18(7-9-19-10-8-18)11-15-3-1-2-4-16(15)13-20(17)12-14-5-6-14/h1-4,14,19H,5-13H2. The van der Waals surface area contributed by atoms with Crippen molar-refractivity contribution >= 4 is 5.91 Å². The Morgan fingerprint density at radius 1 is 1.14 bits per heavy atom. The summed E-state index contributed by atoms with van der Waals surface area (Å²) >= 11 is 0. The molecule has 1 aliphatic carbocycles. The molecule has 0 unspecified atom stereocenters. The first kappa shape index (κ1) is 13.3. The minimum atomic E-state index is -0.146. The van der Waals surface area contributed by atoms with Gasteiger partial charge in [-0.3, -0.25) is 4.79 Å². The van der Waals surface area contributed by atoms with Crippen LogP contribution in [0.3, 0.4) is 0 Å². The molecule has 1 aromatic rings. The van der Waals surface area contributed by atoms with Gasteiger partial charge in [-0.15, -0.1) is 0 Å². The van der Waals surface area contributed by atoms with Crippen LogP contribution in [0.4, 0.5) is 0 Å². The molecule has 0 radical (unpaired) electrons. The summed E-state index contributed by atoms with van der Waals surface area (Å²) in [6.45, 7) is 3.75. The van der Waals surface area contributed by atoms with Gasteiger partial charge in [0, 0.05) is 13.1 Å². The summed E-state index contributed by atoms with van der Waals surface area (Å²) in [7, 11) is 0. The third-order valence-corrected chi connectivity index (χ3v) is 5.49. The zero-order chi connectivity index (χ0) is 14.3. The van der Waals surface area contributed by atoms with Gasteiger partial charge in [-0.1, -0.05) is 24.3 Å². The summed E-state index contributed by atoms with van der Waals surface area (Å²) < 4.78 is 0. The van der Waals surface area contributed by atoms with Gasteiger partial charge < -0.3 is 10.2 Å². The highest BCUT2D eigenvalue weighted by atomic mass is 16.2. The number of benzene rings is 1. The third-order valence-electron chi connectivity index (χ3n) is 5.49. The molecule has 2 fully saturated rings. The fourth-order valence-corrected chi connectivity index (χ4v) is 3.99. The minimum Gasteiger partial charge on any atom is -0.338 e. The van der Waals surface area contributed by atoms with Gasteiger partial charge in [0.05, 0.1) is 5.41 Å². The van der Waals surface area contributed by atoms with E-state index < -0.39 is 0 Å². The van der Waals surface area contributed by atoms with E-state index in [1.165, 1.54) is 24.0 Å². The van der Waals surface area contributed by atoms with Crippen LogP contribution in [0.25, 0.3) is 0 Å². The number of carbonyl (C=O) groups is 1. The summed E-state index contributed by atoms with van der Waals surface area (Å²) in [6, 6.07) is 8.67. The van der Waals surface area contributed by atoms with Crippen LogP contribution in [0.1, 0.15) is 36.8 Å². The molecule has 112 valence electrons. The van der Waals surface area contributed by atoms with Crippen molar-refractivity contribution in [2.24, 2.45) is 11.3 Å². The van der Waals surface area contributed by atoms with Crippen molar-refractivity contribution in [3.63, 3.8) is 0 Å². The highest BCUT2D eigenvalue weighted by molar-refractivity contribution is 5.84.